The maximum absolute atomic E-state index is 12.4. The van der Waals surface area contributed by atoms with E-state index in [-0.39, 0.29) is 11.8 Å². The fourth-order valence-electron chi connectivity index (χ4n) is 3.89. The minimum absolute atomic E-state index is 0.0493. The SMILES string of the molecule is Cc1cccc(C)c1NC(=O)C[NH+]1CCN(C(=O)C[C@@H]2C=CCC2)CC1. The Morgan fingerprint density at radius 1 is 1.19 bits per heavy atom. The van der Waals surface area contributed by atoms with Crippen LogP contribution in [0.2, 0.25) is 0 Å². The van der Waals surface area contributed by atoms with Crippen LogP contribution in [0.1, 0.15) is 30.4 Å². The number of piperazine rings is 1. The number of nitrogens with one attached hydrogen (secondary N) is 2. The van der Waals surface area contributed by atoms with Crippen molar-refractivity contribution in [1.29, 1.82) is 0 Å². The van der Waals surface area contributed by atoms with Gasteiger partial charge in [0.2, 0.25) is 5.91 Å². The molecule has 1 atom stereocenters. The van der Waals surface area contributed by atoms with Gasteiger partial charge in [-0.15, -0.1) is 0 Å². The van der Waals surface area contributed by atoms with Crippen LogP contribution in [0.4, 0.5) is 5.69 Å². The molecular weight excluding hydrogens is 326 g/mol. The summed E-state index contributed by atoms with van der Waals surface area (Å²) in [6.07, 6.45) is 7.20. The summed E-state index contributed by atoms with van der Waals surface area (Å²) in [6.45, 7) is 7.67. The molecule has 0 unspecified atom stereocenters. The predicted molar refractivity (Wildman–Crippen MR) is 103 cm³/mol. The number of carbonyl (C=O) groups is 2. The van der Waals surface area contributed by atoms with E-state index in [2.05, 4.69) is 17.5 Å². The van der Waals surface area contributed by atoms with Crippen molar-refractivity contribution < 1.29 is 14.5 Å². The van der Waals surface area contributed by atoms with Crippen LogP contribution in [0.3, 0.4) is 0 Å². The zero-order chi connectivity index (χ0) is 18.5. The number of carbonyl (C=O) groups excluding carboxylic acids is 2. The summed E-state index contributed by atoms with van der Waals surface area (Å²) in [4.78, 5) is 28.0. The molecule has 0 spiro atoms. The van der Waals surface area contributed by atoms with Crippen LogP contribution in [-0.4, -0.2) is 49.4 Å². The van der Waals surface area contributed by atoms with Crippen LogP contribution < -0.4 is 10.2 Å². The molecule has 1 aromatic carbocycles. The lowest BCUT2D eigenvalue weighted by molar-refractivity contribution is -0.895. The highest BCUT2D eigenvalue weighted by molar-refractivity contribution is 5.93. The second-order valence-corrected chi connectivity index (χ2v) is 7.59. The highest BCUT2D eigenvalue weighted by atomic mass is 16.2. The lowest BCUT2D eigenvalue weighted by Crippen LogP contribution is -3.15. The molecule has 0 aromatic heterocycles. The Balaban J connectivity index is 1.44. The number of anilines is 1. The van der Waals surface area contributed by atoms with Crippen LogP contribution in [0.25, 0.3) is 0 Å². The van der Waals surface area contributed by atoms with E-state index in [0.29, 0.717) is 18.9 Å². The van der Waals surface area contributed by atoms with Gasteiger partial charge in [0.1, 0.15) is 0 Å². The molecular formula is C21H30N3O2+. The molecule has 140 valence electrons. The second-order valence-electron chi connectivity index (χ2n) is 7.59. The normalized spacial score (nSPS) is 20.4. The number of amides is 2. The first kappa shape index (κ1) is 18.6. The first-order chi connectivity index (χ1) is 12.5. The number of hydrogen-bond acceptors (Lipinski definition) is 2. The summed E-state index contributed by atoms with van der Waals surface area (Å²) in [7, 11) is 0. The Bertz CT molecular complexity index is 670. The predicted octanol–water partition coefficient (Wildman–Crippen LogP) is 1.33. The maximum atomic E-state index is 12.4. The van der Waals surface area contributed by atoms with Crippen LogP contribution >= 0.6 is 0 Å². The number of hydrogen-bond donors (Lipinski definition) is 2. The van der Waals surface area contributed by atoms with Crippen molar-refractivity contribution in [3.63, 3.8) is 0 Å². The van der Waals surface area contributed by atoms with Gasteiger partial charge in [0, 0.05) is 12.1 Å². The standard InChI is InChI=1S/C21H29N3O2/c1-16-6-5-7-17(2)21(16)22-19(25)15-23-10-12-24(13-11-23)20(26)14-18-8-3-4-9-18/h3,5-8,18H,4,9-15H2,1-2H3,(H,22,25)/p+1/t18-/m1/s1. The van der Waals surface area contributed by atoms with E-state index in [1.807, 2.05) is 36.9 Å². The quantitative estimate of drug-likeness (QED) is 0.782. The van der Waals surface area contributed by atoms with Gasteiger partial charge in [-0.25, -0.2) is 0 Å². The van der Waals surface area contributed by atoms with Gasteiger partial charge in [-0.05, 0) is 43.7 Å². The Kier molecular flexibility index (Phi) is 6.09. The average molecular weight is 356 g/mol. The van der Waals surface area contributed by atoms with E-state index in [1.165, 1.54) is 4.90 Å². The van der Waals surface area contributed by atoms with Crippen molar-refractivity contribution in [3.8, 4) is 0 Å². The van der Waals surface area contributed by atoms with Crippen LogP contribution in [-0.2, 0) is 9.59 Å². The molecule has 0 saturated carbocycles. The van der Waals surface area contributed by atoms with Gasteiger partial charge in [0.25, 0.3) is 5.91 Å². The van der Waals surface area contributed by atoms with E-state index in [1.54, 1.807) is 0 Å². The third kappa shape index (κ3) is 4.73. The van der Waals surface area contributed by atoms with Crippen molar-refractivity contribution in [1.82, 2.24) is 4.90 Å². The topological polar surface area (TPSA) is 53.9 Å². The van der Waals surface area contributed by atoms with Crippen molar-refractivity contribution in [2.75, 3.05) is 38.0 Å². The fourth-order valence-corrected chi connectivity index (χ4v) is 3.89. The molecule has 1 aliphatic carbocycles. The van der Waals surface area contributed by atoms with Gasteiger partial charge < -0.3 is 15.1 Å². The Morgan fingerprint density at radius 3 is 2.50 bits per heavy atom. The van der Waals surface area contributed by atoms with Crippen LogP contribution in [0.5, 0.6) is 0 Å². The number of nitrogens with zero attached hydrogens (tertiary/aromatic N) is 1. The van der Waals surface area contributed by atoms with E-state index >= 15 is 0 Å². The molecule has 2 amide bonds. The summed E-state index contributed by atoms with van der Waals surface area (Å²) in [5, 5.41) is 3.06. The lowest BCUT2D eigenvalue weighted by atomic mass is 10.0. The minimum Gasteiger partial charge on any atom is -0.331 e. The van der Waals surface area contributed by atoms with Gasteiger partial charge in [-0.2, -0.15) is 0 Å². The Hall–Kier alpha value is -2.14. The van der Waals surface area contributed by atoms with E-state index in [4.69, 9.17) is 0 Å². The van der Waals surface area contributed by atoms with Crippen molar-refractivity contribution >= 4 is 17.5 Å². The zero-order valence-corrected chi connectivity index (χ0v) is 15.9. The highest BCUT2D eigenvalue weighted by Crippen LogP contribution is 2.21. The van der Waals surface area contributed by atoms with Gasteiger partial charge >= 0.3 is 0 Å². The third-order valence-electron chi connectivity index (χ3n) is 5.53. The molecule has 3 rings (SSSR count). The largest absolute Gasteiger partial charge is 0.331 e. The van der Waals surface area contributed by atoms with E-state index < -0.39 is 0 Å². The first-order valence-electron chi connectivity index (χ1n) is 9.67. The summed E-state index contributed by atoms with van der Waals surface area (Å²) in [5.74, 6) is 0.741. The number of aryl methyl sites for hydroxylation is 2. The van der Waals surface area contributed by atoms with Crippen molar-refractivity contribution in [2.45, 2.75) is 33.1 Å². The smallest absolute Gasteiger partial charge is 0.279 e. The van der Waals surface area contributed by atoms with Gasteiger partial charge in [-0.1, -0.05) is 30.4 Å². The van der Waals surface area contributed by atoms with E-state index in [9.17, 15) is 9.59 Å². The lowest BCUT2D eigenvalue weighted by Gasteiger charge is -2.32. The molecule has 1 aliphatic heterocycles. The number of para-hydroxylation sites is 1. The second kappa shape index (κ2) is 8.49. The van der Waals surface area contributed by atoms with Crippen LogP contribution in [0.15, 0.2) is 30.4 Å². The number of allylic oxidation sites excluding steroid dienone is 2. The number of rotatable bonds is 5. The van der Waals surface area contributed by atoms with Crippen LogP contribution in [0, 0.1) is 19.8 Å². The third-order valence-corrected chi connectivity index (χ3v) is 5.53. The van der Waals surface area contributed by atoms with Crippen molar-refractivity contribution in [3.05, 3.63) is 41.5 Å². The first-order valence-corrected chi connectivity index (χ1v) is 9.67. The monoisotopic (exact) mass is 356 g/mol. The van der Waals surface area contributed by atoms with Gasteiger partial charge in [-0.3, -0.25) is 9.59 Å². The molecule has 26 heavy (non-hydrogen) atoms. The molecule has 5 heteroatoms. The van der Waals surface area contributed by atoms with E-state index in [0.717, 1.165) is 55.8 Å². The summed E-state index contributed by atoms with van der Waals surface area (Å²) in [5.41, 5.74) is 3.10. The van der Waals surface area contributed by atoms with Gasteiger partial charge in [0.05, 0.1) is 26.2 Å². The molecule has 5 nitrogen and oxygen atoms in total. The summed E-state index contributed by atoms with van der Waals surface area (Å²) >= 11 is 0. The molecule has 1 fully saturated rings. The summed E-state index contributed by atoms with van der Waals surface area (Å²) in [6, 6.07) is 6.03. The number of benzene rings is 1. The molecule has 1 aromatic rings. The maximum Gasteiger partial charge on any atom is 0.279 e. The zero-order valence-electron chi connectivity index (χ0n) is 15.9. The Labute approximate surface area is 156 Å². The Morgan fingerprint density at radius 2 is 1.88 bits per heavy atom. The fraction of sp³-hybridized carbons (Fsp3) is 0.524. The molecule has 2 aliphatic rings. The molecule has 0 radical (unpaired) electrons. The molecule has 1 heterocycles. The highest BCUT2D eigenvalue weighted by Gasteiger charge is 2.26. The minimum atomic E-state index is 0.0493. The van der Waals surface area contributed by atoms with Gasteiger partial charge in [0.15, 0.2) is 6.54 Å². The molecule has 1 saturated heterocycles. The molecule has 0 bridgehead atoms. The average Bonchev–Trinajstić information content (AvgIpc) is 3.12. The molecule has 2 N–H and O–H groups in total. The summed E-state index contributed by atoms with van der Waals surface area (Å²) < 4.78 is 0. The number of quaternary nitrogens is 1. The van der Waals surface area contributed by atoms with Crippen molar-refractivity contribution in [2.24, 2.45) is 5.92 Å².